The number of benzene rings is 1. The van der Waals surface area contributed by atoms with Crippen molar-refractivity contribution in [3.8, 4) is 0 Å². The van der Waals surface area contributed by atoms with E-state index < -0.39 is 0 Å². The van der Waals surface area contributed by atoms with Gasteiger partial charge in [-0.1, -0.05) is 17.7 Å². The molecule has 1 aliphatic rings. The Bertz CT molecular complexity index is 331. The van der Waals surface area contributed by atoms with E-state index in [-0.39, 0.29) is 6.10 Å². The average molecular weight is 241 g/mol. The Morgan fingerprint density at radius 1 is 1.44 bits per heavy atom. The molecule has 3 N–H and O–H groups in total. The number of hydrogen-bond donors (Lipinski definition) is 2. The Morgan fingerprint density at radius 3 is 3.00 bits per heavy atom. The van der Waals surface area contributed by atoms with Gasteiger partial charge in [0.2, 0.25) is 0 Å². The number of ether oxygens (including phenoxy) is 1. The lowest BCUT2D eigenvalue weighted by Crippen LogP contribution is -2.27. The van der Waals surface area contributed by atoms with Crippen LogP contribution in [0.1, 0.15) is 19.3 Å². The van der Waals surface area contributed by atoms with Gasteiger partial charge in [0.1, 0.15) is 0 Å². The molecule has 0 spiro atoms. The monoisotopic (exact) mass is 240 g/mol. The summed E-state index contributed by atoms with van der Waals surface area (Å²) in [6.07, 6.45) is 3.80. The molecular formula is C12H17ClN2O. The number of para-hydroxylation sites is 1. The zero-order valence-electron chi connectivity index (χ0n) is 9.21. The quantitative estimate of drug-likeness (QED) is 0.799. The van der Waals surface area contributed by atoms with E-state index in [1.54, 1.807) is 0 Å². The maximum absolute atomic E-state index is 6.06. The van der Waals surface area contributed by atoms with Gasteiger partial charge in [-0.05, 0) is 31.4 Å². The van der Waals surface area contributed by atoms with E-state index in [1.165, 1.54) is 12.8 Å². The van der Waals surface area contributed by atoms with Crippen molar-refractivity contribution in [2.24, 2.45) is 0 Å². The van der Waals surface area contributed by atoms with Gasteiger partial charge in [0.05, 0.1) is 22.5 Å². The molecule has 0 radical (unpaired) electrons. The third-order valence-corrected chi connectivity index (χ3v) is 3.14. The van der Waals surface area contributed by atoms with Crippen LogP contribution in [0.3, 0.4) is 0 Å². The number of nitrogen functional groups attached to an aromatic ring is 1. The van der Waals surface area contributed by atoms with Crippen molar-refractivity contribution in [3.63, 3.8) is 0 Å². The molecule has 1 aromatic carbocycles. The van der Waals surface area contributed by atoms with E-state index in [2.05, 4.69) is 5.32 Å². The highest BCUT2D eigenvalue weighted by molar-refractivity contribution is 6.33. The highest BCUT2D eigenvalue weighted by atomic mass is 35.5. The van der Waals surface area contributed by atoms with Gasteiger partial charge in [0, 0.05) is 13.2 Å². The SMILES string of the molecule is Nc1cccc(Cl)c1NCC1CCCCO1. The second-order valence-corrected chi connectivity index (χ2v) is 4.48. The molecule has 1 fully saturated rings. The highest BCUT2D eigenvalue weighted by Gasteiger charge is 2.14. The molecule has 0 bridgehead atoms. The summed E-state index contributed by atoms with van der Waals surface area (Å²) in [6.45, 7) is 1.64. The maximum atomic E-state index is 6.06. The molecule has 16 heavy (non-hydrogen) atoms. The zero-order valence-corrected chi connectivity index (χ0v) is 9.96. The normalized spacial score (nSPS) is 20.7. The molecule has 0 aliphatic carbocycles. The highest BCUT2D eigenvalue weighted by Crippen LogP contribution is 2.28. The minimum Gasteiger partial charge on any atom is -0.397 e. The molecule has 1 aliphatic heterocycles. The van der Waals surface area contributed by atoms with Crippen LogP contribution >= 0.6 is 11.6 Å². The average Bonchev–Trinajstić information content (AvgIpc) is 2.30. The third-order valence-electron chi connectivity index (χ3n) is 2.83. The van der Waals surface area contributed by atoms with Crippen molar-refractivity contribution in [3.05, 3.63) is 23.2 Å². The molecule has 1 atom stereocenters. The van der Waals surface area contributed by atoms with Crippen molar-refractivity contribution in [2.45, 2.75) is 25.4 Å². The van der Waals surface area contributed by atoms with Gasteiger partial charge in [0.15, 0.2) is 0 Å². The lowest BCUT2D eigenvalue weighted by Gasteiger charge is -2.23. The van der Waals surface area contributed by atoms with E-state index in [4.69, 9.17) is 22.1 Å². The zero-order chi connectivity index (χ0) is 11.4. The molecule has 1 saturated heterocycles. The Hall–Kier alpha value is -0.930. The van der Waals surface area contributed by atoms with E-state index in [0.29, 0.717) is 10.7 Å². The summed E-state index contributed by atoms with van der Waals surface area (Å²) in [7, 11) is 0. The summed E-state index contributed by atoms with van der Waals surface area (Å²) in [4.78, 5) is 0. The second kappa shape index (κ2) is 5.41. The van der Waals surface area contributed by atoms with Gasteiger partial charge in [-0.15, -0.1) is 0 Å². The van der Waals surface area contributed by atoms with Crippen LogP contribution in [0.5, 0.6) is 0 Å². The molecular weight excluding hydrogens is 224 g/mol. The molecule has 1 aromatic rings. The number of halogens is 1. The molecule has 3 nitrogen and oxygen atoms in total. The van der Waals surface area contributed by atoms with Crippen molar-refractivity contribution in [1.82, 2.24) is 0 Å². The minimum atomic E-state index is 0.282. The Balaban J connectivity index is 1.93. The molecule has 0 amide bonds. The first-order valence-electron chi connectivity index (χ1n) is 5.67. The Labute approximate surface area is 101 Å². The Morgan fingerprint density at radius 2 is 2.31 bits per heavy atom. The predicted molar refractivity (Wildman–Crippen MR) is 67.9 cm³/mol. The predicted octanol–water partition coefficient (Wildman–Crippen LogP) is 2.90. The lowest BCUT2D eigenvalue weighted by molar-refractivity contribution is 0.0248. The molecule has 1 heterocycles. The van der Waals surface area contributed by atoms with E-state index in [0.717, 1.165) is 25.3 Å². The number of nitrogens with two attached hydrogens (primary N) is 1. The maximum Gasteiger partial charge on any atom is 0.0764 e. The lowest BCUT2D eigenvalue weighted by atomic mass is 10.1. The van der Waals surface area contributed by atoms with Gasteiger partial charge in [-0.2, -0.15) is 0 Å². The van der Waals surface area contributed by atoms with Gasteiger partial charge < -0.3 is 15.8 Å². The first-order valence-corrected chi connectivity index (χ1v) is 6.04. The molecule has 1 unspecified atom stereocenters. The minimum absolute atomic E-state index is 0.282. The van der Waals surface area contributed by atoms with Crippen molar-refractivity contribution < 1.29 is 4.74 Å². The molecule has 0 aromatic heterocycles. The fraction of sp³-hybridized carbons (Fsp3) is 0.500. The van der Waals surface area contributed by atoms with E-state index >= 15 is 0 Å². The Kier molecular flexibility index (Phi) is 3.91. The van der Waals surface area contributed by atoms with Crippen LogP contribution in [0.15, 0.2) is 18.2 Å². The van der Waals surface area contributed by atoms with Gasteiger partial charge in [0.25, 0.3) is 0 Å². The van der Waals surface area contributed by atoms with Crippen LogP contribution in [0.25, 0.3) is 0 Å². The summed E-state index contributed by atoms with van der Waals surface area (Å²) in [6, 6.07) is 5.53. The first kappa shape index (κ1) is 11.6. The molecule has 0 saturated carbocycles. The topological polar surface area (TPSA) is 47.3 Å². The van der Waals surface area contributed by atoms with Gasteiger partial charge >= 0.3 is 0 Å². The first-order chi connectivity index (χ1) is 7.77. The van der Waals surface area contributed by atoms with Crippen LogP contribution in [0.2, 0.25) is 5.02 Å². The van der Waals surface area contributed by atoms with E-state index in [9.17, 15) is 0 Å². The van der Waals surface area contributed by atoms with Crippen LogP contribution in [0, 0.1) is 0 Å². The summed E-state index contributed by atoms with van der Waals surface area (Å²) < 4.78 is 5.63. The third kappa shape index (κ3) is 2.80. The fourth-order valence-electron chi connectivity index (χ4n) is 1.91. The summed E-state index contributed by atoms with van der Waals surface area (Å²) >= 11 is 6.06. The van der Waals surface area contributed by atoms with Crippen molar-refractivity contribution in [2.75, 3.05) is 24.2 Å². The van der Waals surface area contributed by atoms with Gasteiger partial charge in [-0.3, -0.25) is 0 Å². The van der Waals surface area contributed by atoms with Crippen LogP contribution in [0.4, 0.5) is 11.4 Å². The summed E-state index contributed by atoms with van der Waals surface area (Å²) in [5, 5.41) is 3.93. The number of hydrogen-bond acceptors (Lipinski definition) is 3. The number of nitrogens with one attached hydrogen (secondary N) is 1. The number of rotatable bonds is 3. The molecule has 4 heteroatoms. The summed E-state index contributed by atoms with van der Waals surface area (Å²) in [5.41, 5.74) is 7.35. The van der Waals surface area contributed by atoms with Gasteiger partial charge in [-0.25, -0.2) is 0 Å². The molecule has 88 valence electrons. The van der Waals surface area contributed by atoms with Crippen LogP contribution in [-0.4, -0.2) is 19.3 Å². The van der Waals surface area contributed by atoms with Crippen LogP contribution in [-0.2, 0) is 4.74 Å². The van der Waals surface area contributed by atoms with Crippen molar-refractivity contribution in [1.29, 1.82) is 0 Å². The largest absolute Gasteiger partial charge is 0.397 e. The standard InChI is InChI=1S/C12H17ClN2O/c13-10-5-3-6-11(14)12(10)15-8-9-4-1-2-7-16-9/h3,5-6,9,15H,1-2,4,7-8,14H2. The fourth-order valence-corrected chi connectivity index (χ4v) is 2.16. The van der Waals surface area contributed by atoms with Crippen molar-refractivity contribution >= 4 is 23.0 Å². The second-order valence-electron chi connectivity index (χ2n) is 4.07. The van der Waals surface area contributed by atoms with E-state index in [1.807, 2.05) is 18.2 Å². The summed E-state index contributed by atoms with van der Waals surface area (Å²) in [5.74, 6) is 0. The molecule has 2 rings (SSSR count). The smallest absolute Gasteiger partial charge is 0.0764 e. The van der Waals surface area contributed by atoms with Crippen LogP contribution < -0.4 is 11.1 Å². The number of anilines is 2.